The molecule has 19 heavy (non-hydrogen) atoms. The van der Waals surface area contributed by atoms with Crippen molar-refractivity contribution in [3.8, 4) is 5.75 Å². The molecule has 0 aromatic heterocycles. The van der Waals surface area contributed by atoms with Crippen LogP contribution in [0.4, 0.5) is 0 Å². The molecule has 2 aromatic carbocycles. The third-order valence-corrected chi connectivity index (χ3v) is 3.87. The fraction of sp³-hybridized carbons (Fsp3) is 0.333. The smallest absolute Gasteiger partial charge is 0.119 e. The van der Waals surface area contributed by atoms with Crippen LogP contribution in [-0.2, 0) is 5.41 Å². The molecule has 0 atom stereocenters. The van der Waals surface area contributed by atoms with Crippen LogP contribution in [0.2, 0.25) is 0 Å². The Bertz CT molecular complexity index is 553. The molecule has 0 spiro atoms. The van der Waals surface area contributed by atoms with Crippen molar-refractivity contribution in [1.29, 1.82) is 0 Å². The molecule has 0 heterocycles. The van der Waals surface area contributed by atoms with Gasteiger partial charge in [0.2, 0.25) is 0 Å². The molecule has 0 aliphatic heterocycles. The topological polar surface area (TPSA) is 20.2 Å². The Morgan fingerprint density at radius 1 is 0.895 bits per heavy atom. The fourth-order valence-corrected chi connectivity index (χ4v) is 2.43. The summed E-state index contributed by atoms with van der Waals surface area (Å²) in [6.07, 6.45) is 0. The zero-order valence-electron chi connectivity index (χ0n) is 12.1. The van der Waals surface area contributed by atoms with Crippen molar-refractivity contribution >= 4 is 0 Å². The second-order valence-electron chi connectivity index (χ2n) is 5.92. The van der Waals surface area contributed by atoms with Crippen molar-refractivity contribution in [1.82, 2.24) is 0 Å². The highest BCUT2D eigenvalue weighted by molar-refractivity contribution is 5.44. The van der Waals surface area contributed by atoms with Crippen LogP contribution in [0.5, 0.6) is 5.75 Å². The van der Waals surface area contributed by atoms with Gasteiger partial charge in [0.25, 0.3) is 0 Å². The van der Waals surface area contributed by atoms with Gasteiger partial charge in [-0.1, -0.05) is 70.2 Å². The van der Waals surface area contributed by atoms with Crippen LogP contribution in [0.3, 0.4) is 0 Å². The molecule has 1 nitrogen and oxygen atoms in total. The van der Waals surface area contributed by atoms with E-state index in [0.29, 0.717) is 11.7 Å². The first kappa shape index (κ1) is 13.7. The number of aromatic hydroxyl groups is 1. The summed E-state index contributed by atoms with van der Waals surface area (Å²) in [6.45, 7) is 8.65. The van der Waals surface area contributed by atoms with Gasteiger partial charge in [-0.25, -0.2) is 0 Å². The minimum atomic E-state index is -0.0569. The maximum Gasteiger partial charge on any atom is 0.119 e. The van der Waals surface area contributed by atoms with Crippen molar-refractivity contribution < 1.29 is 5.11 Å². The quantitative estimate of drug-likeness (QED) is 0.830. The van der Waals surface area contributed by atoms with Gasteiger partial charge in [0, 0.05) is 5.41 Å². The van der Waals surface area contributed by atoms with Gasteiger partial charge in [-0.3, -0.25) is 0 Å². The molecule has 0 aliphatic carbocycles. The van der Waals surface area contributed by atoms with E-state index >= 15 is 0 Å². The van der Waals surface area contributed by atoms with Crippen molar-refractivity contribution in [3.63, 3.8) is 0 Å². The predicted molar refractivity (Wildman–Crippen MR) is 80.8 cm³/mol. The van der Waals surface area contributed by atoms with E-state index in [1.165, 1.54) is 11.1 Å². The zero-order chi connectivity index (χ0) is 14.0. The molecular formula is C18H22O. The summed E-state index contributed by atoms with van der Waals surface area (Å²) in [5.74, 6) is 0.717. The van der Waals surface area contributed by atoms with E-state index in [4.69, 9.17) is 0 Å². The van der Waals surface area contributed by atoms with Crippen molar-refractivity contribution in [2.24, 2.45) is 0 Å². The summed E-state index contributed by atoms with van der Waals surface area (Å²) in [7, 11) is 0. The standard InChI is InChI=1S/C18H22O/c1-13(2)16-12-15(10-11-17(16)19)18(3,4)14-8-6-5-7-9-14/h5-13,19H,1-4H3. The number of phenolic OH excluding ortho intramolecular Hbond substituents is 1. The minimum absolute atomic E-state index is 0.0569. The van der Waals surface area contributed by atoms with Gasteiger partial charge in [0.15, 0.2) is 0 Å². The van der Waals surface area contributed by atoms with E-state index < -0.39 is 0 Å². The Balaban J connectivity index is 2.49. The second-order valence-corrected chi connectivity index (χ2v) is 5.92. The Kier molecular flexibility index (Phi) is 3.66. The first-order valence-corrected chi connectivity index (χ1v) is 6.82. The maximum atomic E-state index is 9.94. The third-order valence-electron chi connectivity index (χ3n) is 3.87. The zero-order valence-corrected chi connectivity index (χ0v) is 12.1. The molecule has 0 unspecified atom stereocenters. The van der Waals surface area contributed by atoms with E-state index in [1.54, 1.807) is 0 Å². The van der Waals surface area contributed by atoms with Gasteiger partial charge < -0.3 is 5.11 Å². The van der Waals surface area contributed by atoms with Gasteiger partial charge in [-0.15, -0.1) is 0 Å². The highest BCUT2D eigenvalue weighted by Crippen LogP contribution is 2.35. The molecule has 0 saturated heterocycles. The summed E-state index contributed by atoms with van der Waals surface area (Å²) in [4.78, 5) is 0. The largest absolute Gasteiger partial charge is 0.508 e. The molecule has 0 radical (unpaired) electrons. The monoisotopic (exact) mass is 254 g/mol. The predicted octanol–water partition coefficient (Wildman–Crippen LogP) is 4.84. The van der Waals surface area contributed by atoms with Gasteiger partial charge in [-0.2, -0.15) is 0 Å². The van der Waals surface area contributed by atoms with Crippen LogP contribution >= 0.6 is 0 Å². The summed E-state index contributed by atoms with van der Waals surface area (Å²) in [5, 5.41) is 9.94. The van der Waals surface area contributed by atoms with Gasteiger partial charge in [0.1, 0.15) is 5.75 Å². The lowest BCUT2D eigenvalue weighted by Crippen LogP contribution is -2.19. The summed E-state index contributed by atoms with van der Waals surface area (Å²) < 4.78 is 0. The minimum Gasteiger partial charge on any atom is -0.508 e. The van der Waals surface area contributed by atoms with Crippen molar-refractivity contribution in [3.05, 3.63) is 65.2 Å². The number of hydrogen-bond donors (Lipinski definition) is 1. The third kappa shape index (κ3) is 2.65. The number of phenols is 1. The lowest BCUT2D eigenvalue weighted by atomic mass is 9.77. The van der Waals surface area contributed by atoms with Crippen LogP contribution in [0.25, 0.3) is 0 Å². The molecule has 0 amide bonds. The second kappa shape index (κ2) is 5.08. The van der Waals surface area contributed by atoms with Gasteiger partial charge in [0.05, 0.1) is 0 Å². The molecule has 0 fully saturated rings. The summed E-state index contributed by atoms with van der Waals surface area (Å²) in [6, 6.07) is 16.5. The maximum absolute atomic E-state index is 9.94. The Morgan fingerprint density at radius 3 is 2.11 bits per heavy atom. The molecule has 1 heteroatoms. The van der Waals surface area contributed by atoms with Crippen molar-refractivity contribution in [2.45, 2.75) is 39.0 Å². The Hall–Kier alpha value is -1.76. The molecule has 0 aliphatic rings. The molecule has 100 valence electrons. The lowest BCUT2D eigenvalue weighted by Gasteiger charge is -2.27. The molecule has 2 aromatic rings. The van der Waals surface area contributed by atoms with Crippen LogP contribution < -0.4 is 0 Å². The first-order valence-electron chi connectivity index (χ1n) is 6.82. The van der Waals surface area contributed by atoms with E-state index in [-0.39, 0.29) is 5.41 Å². The van der Waals surface area contributed by atoms with Gasteiger partial charge in [-0.05, 0) is 28.7 Å². The van der Waals surface area contributed by atoms with E-state index in [1.807, 2.05) is 18.2 Å². The summed E-state index contributed by atoms with van der Waals surface area (Å²) >= 11 is 0. The van der Waals surface area contributed by atoms with Crippen LogP contribution in [0.15, 0.2) is 48.5 Å². The molecule has 1 N–H and O–H groups in total. The van der Waals surface area contributed by atoms with Crippen LogP contribution in [-0.4, -0.2) is 5.11 Å². The average molecular weight is 254 g/mol. The van der Waals surface area contributed by atoms with Crippen LogP contribution in [0, 0.1) is 0 Å². The Morgan fingerprint density at radius 2 is 1.53 bits per heavy atom. The highest BCUT2D eigenvalue weighted by atomic mass is 16.3. The number of hydrogen-bond acceptors (Lipinski definition) is 1. The fourth-order valence-electron chi connectivity index (χ4n) is 2.43. The SMILES string of the molecule is CC(C)c1cc(C(C)(C)c2ccccc2)ccc1O. The van der Waals surface area contributed by atoms with E-state index in [2.05, 4.69) is 58.0 Å². The molecule has 0 bridgehead atoms. The molecule has 2 rings (SSSR count). The van der Waals surface area contributed by atoms with E-state index in [0.717, 1.165) is 5.56 Å². The highest BCUT2D eigenvalue weighted by Gasteiger charge is 2.24. The molecular weight excluding hydrogens is 232 g/mol. The van der Waals surface area contributed by atoms with Gasteiger partial charge >= 0.3 is 0 Å². The van der Waals surface area contributed by atoms with E-state index in [9.17, 15) is 5.11 Å². The average Bonchev–Trinajstić information content (AvgIpc) is 2.39. The lowest BCUT2D eigenvalue weighted by molar-refractivity contribution is 0.463. The number of rotatable bonds is 3. The number of benzene rings is 2. The summed E-state index contributed by atoms with van der Waals surface area (Å²) in [5.41, 5.74) is 3.48. The normalized spacial score (nSPS) is 11.8. The van der Waals surface area contributed by atoms with Crippen molar-refractivity contribution in [2.75, 3.05) is 0 Å². The molecule has 0 saturated carbocycles. The van der Waals surface area contributed by atoms with Crippen LogP contribution in [0.1, 0.15) is 50.3 Å². The first-order chi connectivity index (χ1) is 8.93. The Labute approximate surface area is 115 Å².